The van der Waals surface area contributed by atoms with Gasteiger partial charge >= 0.3 is 0 Å². The molecule has 1 atom stereocenters. The number of aliphatic hydroxyl groups is 1. The zero-order chi connectivity index (χ0) is 10.7. The summed E-state index contributed by atoms with van der Waals surface area (Å²) in [7, 11) is 0. The maximum Gasteiger partial charge on any atom is 0.129 e. The Balaban J connectivity index is 2.86. The number of aryl methyl sites for hydroxylation is 1. The highest BCUT2D eigenvalue weighted by Crippen LogP contribution is 2.17. The summed E-state index contributed by atoms with van der Waals surface area (Å²) < 4.78 is 26.5. The average Bonchev–Trinajstić information content (AvgIpc) is 2.01. The topological polar surface area (TPSA) is 20.2 Å². The van der Waals surface area contributed by atoms with Crippen molar-refractivity contribution in [2.75, 3.05) is 0 Å². The van der Waals surface area contributed by atoms with Crippen LogP contribution in [-0.4, -0.2) is 11.2 Å². The Kier molecular flexibility index (Phi) is 3.58. The monoisotopic (exact) mass is 200 g/mol. The molecule has 78 valence electrons. The van der Waals surface area contributed by atoms with E-state index in [1.54, 1.807) is 13.8 Å². The van der Waals surface area contributed by atoms with Gasteiger partial charge in [0.15, 0.2) is 0 Å². The van der Waals surface area contributed by atoms with E-state index in [1.807, 2.05) is 0 Å². The lowest BCUT2D eigenvalue weighted by molar-refractivity contribution is 0.184. The van der Waals surface area contributed by atoms with E-state index < -0.39 is 17.7 Å². The lowest BCUT2D eigenvalue weighted by atomic mass is 10.0. The van der Waals surface area contributed by atoms with Gasteiger partial charge in [-0.1, -0.05) is 0 Å². The fraction of sp³-hybridized carbons (Fsp3) is 0.455. The largest absolute Gasteiger partial charge is 0.393 e. The molecule has 0 saturated carbocycles. The van der Waals surface area contributed by atoms with Gasteiger partial charge in [-0.25, -0.2) is 8.78 Å². The molecule has 0 saturated heterocycles. The molecule has 0 aliphatic rings. The third-order valence-electron chi connectivity index (χ3n) is 2.10. The Labute approximate surface area is 82.4 Å². The van der Waals surface area contributed by atoms with E-state index in [0.717, 1.165) is 0 Å². The van der Waals surface area contributed by atoms with Gasteiger partial charge in [0, 0.05) is 5.56 Å². The van der Waals surface area contributed by atoms with Gasteiger partial charge < -0.3 is 5.11 Å². The quantitative estimate of drug-likeness (QED) is 0.795. The van der Waals surface area contributed by atoms with E-state index in [9.17, 15) is 8.78 Å². The Bertz CT molecular complexity index is 298. The molecule has 1 aromatic rings. The fourth-order valence-corrected chi connectivity index (χ4v) is 1.32. The van der Waals surface area contributed by atoms with Crippen LogP contribution in [0.15, 0.2) is 12.1 Å². The normalized spacial score (nSPS) is 12.9. The summed E-state index contributed by atoms with van der Waals surface area (Å²) in [5.41, 5.74) is 0.636. The fourth-order valence-electron chi connectivity index (χ4n) is 1.32. The standard InChI is InChI=1S/C11H14F2O/c1-7-5-10(12)9(11(13)6-7)4-3-8(2)14/h5-6,8,14H,3-4H2,1-2H3. The summed E-state index contributed by atoms with van der Waals surface area (Å²) in [5.74, 6) is -1.05. The summed E-state index contributed by atoms with van der Waals surface area (Å²) in [6, 6.07) is 2.61. The molecule has 14 heavy (non-hydrogen) atoms. The predicted molar refractivity (Wildman–Crippen MR) is 51.1 cm³/mol. The molecule has 0 heterocycles. The Hall–Kier alpha value is -0.960. The van der Waals surface area contributed by atoms with Gasteiger partial charge in [-0.3, -0.25) is 0 Å². The van der Waals surface area contributed by atoms with Gasteiger partial charge in [0.1, 0.15) is 11.6 Å². The van der Waals surface area contributed by atoms with Crippen molar-refractivity contribution in [1.29, 1.82) is 0 Å². The summed E-state index contributed by atoms with van der Waals surface area (Å²) in [6.45, 7) is 3.24. The smallest absolute Gasteiger partial charge is 0.129 e. The Morgan fingerprint density at radius 1 is 1.29 bits per heavy atom. The van der Waals surface area contributed by atoms with Gasteiger partial charge in [-0.15, -0.1) is 0 Å². The zero-order valence-electron chi connectivity index (χ0n) is 8.35. The zero-order valence-corrected chi connectivity index (χ0v) is 8.35. The van der Waals surface area contributed by atoms with Gasteiger partial charge in [-0.05, 0) is 44.4 Å². The van der Waals surface area contributed by atoms with E-state index in [4.69, 9.17) is 5.11 Å². The van der Waals surface area contributed by atoms with Crippen LogP contribution in [-0.2, 0) is 6.42 Å². The Morgan fingerprint density at radius 3 is 2.21 bits per heavy atom. The lowest BCUT2D eigenvalue weighted by Gasteiger charge is -2.07. The van der Waals surface area contributed by atoms with E-state index in [-0.39, 0.29) is 12.0 Å². The maximum absolute atomic E-state index is 13.2. The molecule has 1 rings (SSSR count). The average molecular weight is 200 g/mol. The van der Waals surface area contributed by atoms with Gasteiger partial charge in [0.05, 0.1) is 6.10 Å². The van der Waals surface area contributed by atoms with E-state index in [1.165, 1.54) is 12.1 Å². The summed E-state index contributed by atoms with van der Waals surface area (Å²) >= 11 is 0. The van der Waals surface area contributed by atoms with Gasteiger partial charge in [-0.2, -0.15) is 0 Å². The first-order chi connectivity index (χ1) is 6.50. The van der Waals surface area contributed by atoms with Crippen LogP contribution >= 0.6 is 0 Å². The van der Waals surface area contributed by atoms with Crippen molar-refractivity contribution in [3.8, 4) is 0 Å². The number of hydrogen-bond acceptors (Lipinski definition) is 1. The van der Waals surface area contributed by atoms with Gasteiger partial charge in [0.25, 0.3) is 0 Å². The minimum atomic E-state index is -0.532. The number of hydrogen-bond donors (Lipinski definition) is 1. The summed E-state index contributed by atoms with van der Waals surface area (Å²) in [5, 5.41) is 9.01. The molecule has 1 N–H and O–H groups in total. The van der Waals surface area contributed by atoms with Crippen molar-refractivity contribution in [3.63, 3.8) is 0 Å². The molecule has 3 heteroatoms. The van der Waals surface area contributed by atoms with E-state index in [2.05, 4.69) is 0 Å². The van der Waals surface area contributed by atoms with Crippen LogP contribution in [0.5, 0.6) is 0 Å². The first-order valence-corrected chi connectivity index (χ1v) is 4.63. The predicted octanol–water partition coefficient (Wildman–Crippen LogP) is 2.59. The molecule has 1 unspecified atom stereocenters. The molecule has 0 aliphatic carbocycles. The number of aliphatic hydroxyl groups excluding tert-OH is 1. The van der Waals surface area contributed by atoms with Crippen LogP contribution in [0.1, 0.15) is 24.5 Å². The van der Waals surface area contributed by atoms with Crippen LogP contribution in [0.3, 0.4) is 0 Å². The number of rotatable bonds is 3. The van der Waals surface area contributed by atoms with Gasteiger partial charge in [0.2, 0.25) is 0 Å². The third-order valence-corrected chi connectivity index (χ3v) is 2.10. The molecule has 0 fully saturated rings. The second kappa shape index (κ2) is 4.51. The van der Waals surface area contributed by atoms with Crippen molar-refractivity contribution < 1.29 is 13.9 Å². The maximum atomic E-state index is 13.2. The minimum Gasteiger partial charge on any atom is -0.393 e. The molecule has 0 aromatic heterocycles. The second-order valence-corrected chi connectivity index (χ2v) is 3.59. The SMILES string of the molecule is Cc1cc(F)c(CCC(C)O)c(F)c1. The molecule has 0 spiro atoms. The summed E-state index contributed by atoms with van der Waals surface area (Å²) in [6.07, 6.45) is 0.0714. The van der Waals surface area contributed by atoms with Crippen molar-refractivity contribution in [2.24, 2.45) is 0 Å². The van der Waals surface area contributed by atoms with Crippen LogP contribution < -0.4 is 0 Å². The molecular weight excluding hydrogens is 186 g/mol. The van der Waals surface area contributed by atoms with Crippen LogP contribution in [0.4, 0.5) is 8.78 Å². The first-order valence-electron chi connectivity index (χ1n) is 4.63. The van der Waals surface area contributed by atoms with Crippen LogP contribution in [0, 0.1) is 18.6 Å². The third kappa shape index (κ3) is 2.77. The van der Waals surface area contributed by atoms with Crippen molar-refractivity contribution in [2.45, 2.75) is 32.8 Å². The van der Waals surface area contributed by atoms with Crippen molar-refractivity contribution in [3.05, 3.63) is 34.9 Å². The number of halogens is 2. The number of benzene rings is 1. The molecule has 0 radical (unpaired) electrons. The van der Waals surface area contributed by atoms with E-state index >= 15 is 0 Å². The Morgan fingerprint density at radius 2 is 1.79 bits per heavy atom. The highest BCUT2D eigenvalue weighted by Gasteiger charge is 2.10. The highest BCUT2D eigenvalue weighted by atomic mass is 19.1. The van der Waals surface area contributed by atoms with Crippen LogP contribution in [0.25, 0.3) is 0 Å². The lowest BCUT2D eigenvalue weighted by Crippen LogP contribution is -2.04. The minimum absolute atomic E-state index is 0.0662. The molecule has 1 aromatic carbocycles. The summed E-state index contributed by atoms with van der Waals surface area (Å²) in [4.78, 5) is 0. The highest BCUT2D eigenvalue weighted by molar-refractivity contribution is 5.25. The van der Waals surface area contributed by atoms with E-state index in [0.29, 0.717) is 12.0 Å². The van der Waals surface area contributed by atoms with Crippen LogP contribution in [0.2, 0.25) is 0 Å². The molecular formula is C11H14F2O. The molecule has 0 aliphatic heterocycles. The molecule has 0 bridgehead atoms. The second-order valence-electron chi connectivity index (χ2n) is 3.59. The van der Waals surface area contributed by atoms with Crippen molar-refractivity contribution in [1.82, 2.24) is 0 Å². The molecule has 0 amide bonds. The van der Waals surface area contributed by atoms with Crippen molar-refractivity contribution >= 4 is 0 Å². The first kappa shape index (κ1) is 11.1. The molecule has 1 nitrogen and oxygen atoms in total.